The number of benzene rings is 2. The van der Waals surface area contributed by atoms with Crippen LogP contribution in [0.25, 0.3) is 10.9 Å². The zero-order valence-electron chi connectivity index (χ0n) is 14.8. The lowest BCUT2D eigenvalue weighted by atomic mass is 9.91. The van der Waals surface area contributed by atoms with Gasteiger partial charge in [-0.25, -0.2) is 0 Å². The first-order chi connectivity index (χ1) is 12.3. The lowest BCUT2D eigenvalue weighted by Gasteiger charge is -2.24. The van der Waals surface area contributed by atoms with Gasteiger partial charge in [-0.1, -0.05) is 37.3 Å². The number of aromatic nitrogens is 1. The highest BCUT2D eigenvalue weighted by Gasteiger charge is 2.24. The van der Waals surface area contributed by atoms with Gasteiger partial charge in [-0.05, 0) is 55.0 Å². The van der Waals surface area contributed by atoms with Gasteiger partial charge in [0.25, 0.3) is 0 Å². The molecule has 0 saturated heterocycles. The van der Waals surface area contributed by atoms with Gasteiger partial charge >= 0.3 is 0 Å². The molecule has 0 amide bonds. The van der Waals surface area contributed by atoms with Crippen molar-refractivity contribution in [2.24, 2.45) is 0 Å². The van der Waals surface area contributed by atoms with Crippen molar-refractivity contribution < 1.29 is 4.74 Å². The van der Waals surface area contributed by atoms with Crippen molar-refractivity contribution in [3.05, 3.63) is 65.4 Å². The third-order valence-electron chi connectivity index (χ3n) is 5.05. The Kier molecular flexibility index (Phi) is 4.75. The maximum atomic E-state index is 5.83. The molecule has 0 saturated carbocycles. The molecule has 1 unspecified atom stereocenters. The van der Waals surface area contributed by atoms with E-state index in [1.54, 1.807) is 0 Å². The summed E-state index contributed by atoms with van der Waals surface area (Å²) in [4.78, 5) is 3.67. The number of rotatable bonds is 6. The molecule has 1 aliphatic carbocycles. The maximum absolute atomic E-state index is 5.83. The summed E-state index contributed by atoms with van der Waals surface area (Å²) in [7, 11) is 0. The van der Waals surface area contributed by atoms with Gasteiger partial charge in [-0.3, -0.25) is 0 Å². The second kappa shape index (κ2) is 7.32. The predicted octanol–water partition coefficient (Wildman–Crippen LogP) is 5.12. The molecule has 25 heavy (non-hydrogen) atoms. The average molecular weight is 334 g/mol. The molecule has 3 aromatic rings. The van der Waals surface area contributed by atoms with E-state index in [1.807, 2.05) is 0 Å². The molecule has 2 aromatic carbocycles. The molecular weight excluding hydrogens is 308 g/mol. The summed E-state index contributed by atoms with van der Waals surface area (Å²) in [6, 6.07) is 17.5. The van der Waals surface area contributed by atoms with Crippen molar-refractivity contribution in [1.82, 2.24) is 10.3 Å². The first-order valence-corrected chi connectivity index (χ1v) is 9.39. The smallest absolute Gasteiger partial charge is 0.120 e. The van der Waals surface area contributed by atoms with E-state index in [-0.39, 0.29) is 0 Å². The van der Waals surface area contributed by atoms with Crippen LogP contribution in [0, 0.1) is 0 Å². The van der Waals surface area contributed by atoms with Gasteiger partial charge in [0.1, 0.15) is 5.75 Å². The van der Waals surface area contributed by atoms with Crippen molar-refractivity contribution in [3.8, 4) is 5.75 Å². The van der Waals surface area contributed by atoms with Crippen molar-refractivity contribution in [1.29, 1.82) is 0 Å². The van der Waals surface area contributed by atoms with Crippen LogP contribution < -0.4 is 10.1 Å². The maximum Gasteiger partial charge on any atom is 0.120 e. The van der Waals surface area contributed by atoms with E-state index in [0.29, 0.717) is 6.04 Å². The van der Waals surface area contributed by atoms with Gasteiger partial charge in [0.05, 0.1) is 6.61 Å². The monoisotopic (exact) mass is 334 g/mol. The minimum Gasteiger partial charge on any atom is -0.494 e. The van der Waals surface area contributed by atoms with Gasteiger partial charge in [-0.15, -0.1) is 0 Å². The van der Waals surface area contributed by atoms with Crippen molar-refractivity contribution in [3.63, 3.8) is 0 Å². The third-order valence-corrected chi connectivity index (χ3v) is 5.05. The summed E-state index contributed by atoms with van der Waals surface area (Å²) in [5.74, 6) is 0.982. The third kappa shape index (κ3) is 3.42. The highest BCUT2D eigenvalue weighted by Crippen LogP contribution is 2.36. The molecular formula is C22H26N2O. The van der Waals surface area contributed by atoms with Crippen LogP contribution in [0.15, 0.2) is 48.5 Å². The molecule has 1 aliphatic rings. The number of hydrogen-bond donors (Lipinski definition) is 2. The van der Waals surface area contributed by atoms with E-state index in [1.165, 1.54) is 40.6 Å². The van der Waals surface area contributed by atoms with Crippen LogP contribution in [0.2, 0.25) is 0 Å². The summed E-state index contributed by atoms with van der Waals surface area (Å²) in [5, 5.41) is 5.07. The van der Waals surface area contributed by atoms with Crippen molar-refractivity contribution >= 4 is 10.9 Å². The number of ether oxygens (including phenoxy) is 1. The summed E-state index contributed by atoms with van der Waals surface area (Å²) in [5.41, 5.74) is 5.39. The summed E-state index contributed by atoms with van der Waals surface area (Å²) < 4.78 is 5.83. The zero-order valence-corrected chi connectivity index (χ0v) is 14.8. The average Bonchev–Trinajstić information content (AvgIpc) is 3.04. The molecule has 0 aliphatic heterocycles. The standard InChI is InChI=1S/C22H26N2O/c1-2-13-25-17-11-12-20-19(14-17)18-9-6-10-21(22(18)24-20)23-15-16-7-4-3-5-8-16/h3-5,7-8,11-12,14,21,23-24H,2,6,9-10,13,15H2,1H3. The van der Waals surface area contributed by atoms with Gasteiger partial charge in [0, 0.05) is 29.2 Å². The molecule has 0 spiro atoms. The topological polar surface area (TPSA) is 37.0 Å². The quantitative estimate of drug-likeness (QED) is 0.656. The lowest BCUT2D eigenvalue weighted by Crippen LogP contribution is -2.24. The van der Waals surface area contributed by atoms with E-state index in [9.17, 15) is 0 Å². The minimum atomic E-state index is 0.399. The van der Waals surface area contributed by atoms with Crippen molar-refractivity contribution in [2.45, 2.75) is 45.2 Å². The molecule has 2 N–H and O–H groups in total. The molecule has 4 rings (SSSR count). The van der Waals surface area contributed by atoms with Gasteiger partial charge in [0.2, 0.25) is 0 Å². The van der Waals surface area contributed by atoms with Crippen LogP contribution in [0.5, 0.6) is 5.75 Å². The molecule has 1 atom stereocenters. The number of nitrogens with one attached hydrogen (secondary N) is 2. The fourth-order valence-corrected chi connectivity index (χ4v) is 3.79. The summed E-state index contributed by atoms with van der Waals surface area (Å²) in [6.07, 6.45) is 4.60. The molecule has 3 nitrogen and oxygen atoms in total. The molecule has 1 heterocycles. The Morgan fingerprint density at radius 1 is 1.16 bits per heavy atom. The Balaban J connectivity index is 1.58. The predicted molar refractivity (Wildman–Crippen MR) is 103 cm³/mol. The highest BCUT2D eigenvalue weighted by molar-refractivity contribution is 5.86. The van der Waals surface area contributed by atoms with Crippen LogP contribution in [-0.2, 0) is 13.0 Å². The molecule has 0 bridgehead atoms. The van der Waals surface area contributed by atoms with Crippen LogP contribution >= 0.6 is 0 Å². The molecule has 1 aromatic heterocycles. The fourth-order valence-electron chi connectivity index (χ4n) is 3.79. The van der Waals surface area contributed by atoms with Gasteiger partial charge in [0.15, 0.2) is 0 Å². The summed E-state index contributed by atoms with van der Waals surface area (Å²) >= 11 is 0. The minimum absolute atomic E-state index is 0.399. The van der Waals surface area contributed by atoms with Crippen LogP contribution in [0.4, 0.5) is 0 Å². The number of fused-ring (bicyclic) bond motifs is 3. The fraction of sp³-hybridized carbons (Fsp3) is 0.364. The van der Waals surface area contributed by atoms with Crippen molar-refractivity contribution in [2.75, 3.05) is 6.61 Å². The van der Waals surface area contributed by atoms with Gasteiger partial charge in [-0.2, -0.15) is 0 Å². The second-order valence-corrected chi connectivity index (χ2v) is 6.88. The molecule has 0 radical (unpaired) electrons. The van der Waals surface area contributed by atoms with E-state index in [4.69, 9.17) is 4.74 Å². The lowest BCUT2D eigenvalue weighted by molar-refractivity contribution is 0.318. The Morgan fingerprint density at radius 2 is 2.04 bits per heavy atom. The number of aryl methyl sites for hydroxylation is 1. The van der Waals surface area contributed by atoms with Crippen LogP contribution in [0.3, 0.4) is 0 Å². The number of H-pyrrole nitrogens is 1. The number of hydrogen-bond acceptors (Lipinski definition) is 2. The summed E-state index contributed by atoms with van der Waals surface area (Å²) in [6.45, 7) is 3.82. The van der Waals surface area contributed by atoms with E-state index >= 15 is 0 Å². The number of aromatic amines is 1. The Bertz CT molecular complexity index is 838. The van der Waals surface area contributed by atoms with Gasteiger partial charge < -0.3 is 15.0 Å². The normalized spacial score (nSPS) is 16.8. The van der Waals surface area contributed by atoms with Crippen LogP contribution in [0.1, 0.15) is 49.0 Å². The second-order valence-electron chi connectivity index (χ2n) is 6.88. The SMILES string of the molecule is CCCOc1ccc2[nH]c3c(c2c1)CCCC3NCc1ccccc1. The Labute approximate surface area is 149 Å². The zero-order chi connectivity index (χ0) is 17.1. The van der Waals surface area contributed by atoms with Crippen LogP contribution in [-0.4, -0.2) is 11.6 Å². The van der Waals surface area contributed by atoms with E-state index in [2.05, 4.69) is 65.8 Å². The molecule has 3 heteroatoms. The largest absolute Gasteiger partial charge is 0.494 e. The first kappa shape index (κ1) is 16.2. The Hall–Kier alpha value is -2.26. The molecule has 130 valence electrons. The first-order valence-electron chi connectivity index (χ1n) is 9.39. The Morgan fingerprint density at radius 3 is 2.88 bits per heavy atom. The van der Waals surface area contributed by atoms with E-state index < -0.39 is 0 Å². The molecule has 0 fully saturated rings. The van der Waals surface area contributed by atoms with E-state index in [0.717, 1.165) is 31.7 Å². The highest BCUT2D eigenvalue weighted by atomic mass is 16.5.